The van der Waals surface area contributed by atoms with Crippen LogP contribution < -0.4 is 0 Å². The Morgan fingerprint density at radius 1 is 0.853 bits per heavy atom. The van der Waals surface area contributed by atoms with E-state index in [9.17, 15) is 18.3 Å². The number of aliphatic hydroxyl groups is 1. The van der Waals surface area contributed by atoms with E-state index in [2.05, 4.69) is 11.8 Å². The number of sulfonamides is 1. The number of hydrogen-bond donors (Lipinski definition) is 1. The summed E-state index contributed by atoms with van der Waals surface area (Å²) in [6.45, 7) is -0.196. The highest BCUT2D eigenvalue weighted by Gasteiger charge is 2.55. The Hall–Kier alpha value is -3.44. The predicted molar refractivity (Wildman–Crippen MR) is 128 cm³/mol. The van der Waals surface area contributed by atoms with Crippen LogP contribution in [0.3, 0.4) is 0 Å². The molecule has 1 amide bonds. The van der Waals surface area contributed by atoms with Crippen molar-refractivity contribution in [3.8, 4) is 11.8 Å². The summed E-state index contributed by atoms with van der Waals surface area (Å²) in [6.07, 6.45) is 0. The average molecular weight is 473 g/mol. The molecular formula is C27H24N2O4S. The third kappa shape index (κ3) is 4.01. The van der Waals surface area contributed by atoms with E-state index >= 15 is 0 Å². The van der Waals surface area contributed by atoms with E-state index in [1.54, 1.807) is 23.1 Å². The summed E-state index contributed by atoms with van der Waals surface area (Å²) >= 11 is 0. The first kappa shape index (κ1) is 22.4. The van der Waals surface area contributed by atoms with E-state index in [0.29, 0.717) is 0 Å². The van der Waals surface area contributed by atoms with Gasteiger partial charge >= 0.3 is 0 Å². The molecule has 2 fully saturated rings. The molecule has 0 spiro atoms. The summed E-state index contributed by atoms with van der Waals surface area (Å²) in [5, 5.41) is 10.00. The summed E-state index contributed by atoms with van der Waals surface area (Å²) in [5.41, 5.74) is 2.75. The summed E-state index contributed by atoms with van der Waals surface area (Å²) in [4.78, 5) is 14.7. The molecule has 2 aliphatic rings. The van der Waals surface area contributed by atoms with Crippen LogP contribution in [-0.2, 0) is 14.8 Å². The molecule has 7 heteroatoms. The molecule has 2 heterocycles. The van der Waals surface area contributed by atoms with Gasteiger partial charge < -0.3 is 10.0 Å². The molecule has 0 aliphatic carbocycles. The molecule has 3 aromatic carbocycles. The normalized spacial score (nSPS) is 22.3. The van der Waals surface area contributed by atoms with Crippen molar-refractivity contribution < 1.29 is 18.3 Å². The molecule has 0 aromatic heterocycles. The Balaban J connectivity index is 1.38. The van der Waals surface area contributed by atoms with Gasteiger partial charge in [-0.15, -0.1) is 0 Å². The van der Waals surface area contributed by atoms with E-state index < -0.39 is 10.0 Å². The maximum Gasteiger partial charge on any atom is 0.243 e. The molecular weight excluding hydrogens is 448 g/mol. The standard InChI is InChI=1S/C27H24N2O4S/c30-19-25-27(22-15-13-21(14-16-22)12-11-20-7-3-1-4-8-20)24-17-28(18-26(31)29(24)25)34(32,33)23-9-5-2-6-10-23/h1-10,13-16,24-25,27,30H,17-19H2/t24-,25+,27-/m0/s1. The first-order valence-electron chi connectivity index (χ1n) is 11.1. The number of nitrogens with zero attached hydrogens (tertiary/aromatic N) is 2. The zero-order valence-electron chi connectivity index (χ0n) is 18.4. The minimum absolute atomic E-state index is 0.154. The van der Waals surface area contributed by atoms with E-state index in [4.69, 9.17) is 0 Å². The summed E-state index contributed by atoms with van der Waals surface area (Å²) in [5.74, 6) is 5.84. The largest absolute Gasteiger partial charge is 0.394 e. The maximum absolute atomic E-state index is 13.1. The number of piperazine rings is 1. The Morgan fingerprint density at radius 2 is 1.44 bits per heavy atom. The number of rotatable bonds is 4. The zero-order valence-corrected chi connectivity index (χ0v) is 19.2. The molecule has 2 aliphatic heterocycles. The monoisotopic (exact) mass is 472 g/mol. The second kappa shape index (κ2) is 9.07. The fourth-order valence-electron chi connectivity index (χ4n) is 4.85. The number of amides is 1. The lowest BCUT2D eigenvalue weighted by Gasteiger charge is -2.58. The first-order valence-corrected chi connectivity index (χ1v) is 12.6. The number of aliphatic hydroxyl groups excluding tert-OH is 1. The van der Waals surface area contributed by atoms with Gasteiger partial charge in [0.25, 0.3) is 0 Å². The third-order valence-electron chi connectivity index (χ3n) is 6.52. The molecule has 3 atom stereocenters. The highest BCUT2D eigenvalue weighted by Crippen LogP contribution is 2.43. The molecule has 0 radical (unpaired) electrons. The number of fused-ring (bicyclic) bond motifs is 1. The molecule has 2 saturated heterocycles. The van der Waals surface area contributed by atoms with Gasteiger partial charge in [-0.1, -0.05) is 60.4 Å². The smallest absolute Gasteiger partial charge is 0.243 e. The second-order valence-corrected chi connectivity index (χ2v) is 10.4. The van der Waals surface area contributed by atoms with E-state index in [0.717, 1.165) is 16.7 Å². The van der Waals surface area contributed by atoms with Gasteiger partial charge in [-0.2, -0.15) is 4.31 Å². The van der Waals surface area contributed by atoms with E-state index in [-0.39, 0.29) is 48.5 Å². The fourth-order valence-corrected chi connectivity index (χ4v) is 6.28. The highest BCUT2D eigenvalue weighted by atomic mass is 32.2. The van der Waals surface area contributed by atoms with Crippen molar-refractivity contribution in [3.63, 3.8) is 0 Å². The van der Waals surface area contributed by atoms with Gasteiger partial charge in [0.15, 0.2) is 0 Å². The van der Waals surface area contributed by atoms with Crippen LogP contribution in [0.4, 0.5) is 0 Å². The van der Waals surface area contributed by atoms with Crippen LogP contribution in [-0.4, -0.2) is 60.4 Å². The van der Waals surface area contributed by atoms with Crippen molar-refractivity contribution in [1.82, 2.24) is 9.21 Å². The van der Waals surface area contributed by atoms with Crippen LogP contribution in [0.2, 0.25) is 0 Å². The molecule has 172 valence electrons. The summed E-state index contributed by atoms with van der Waals surface area (Å²) < 4.78 is 27.5. The Morgan fingerprint density at radius 3 is 2.06 bits per heavy atom. The van der Waals surface area contributed by atoms with Crippen molar-refractivity contribution in [2.24, 2.45) is 0 Å². The lowest BCUT2D eigenvalue weighted by molar-refractivity contribution is -0.158. The van der Waals surface area contributed by atoms with Gasteiger partial charge in [-0.3, -0.25) is 4.79 Å². The van der Waals surface area contributed by atoms with Crippen LogP contribution in [0.5, 0.6) is 0 Å². The second-order valence-electron chi connectivity index (χ2n) is 8.49. The zero-order chi connectivity index (χ0) is 23.7. The van der Waals surface area contributed by atoms with Gasteiger partial charge in [0.1, 0.15) is 0 Å². The number of benzene rings is 3. The minimum atomic E-state index is -3.78. The first-order chi connectivity index (χ1) is 16.5. The molecule has 1 N–H and O–H groups in total. The predicted octanol–water partition coefficient (Wildman–Crippen LogP) is 2.45. The average Bonchev–Trinajstić information content (AvgIpc) is 2.86. The number of carbonyl (C=O) groups excluding carboxylic acids is 1. The van der Waals surface area contributed by atoms with Gasteiger partial charge in [-0.25, -0.2) is 8.42 Å². The van der Waals surface area contributed by atoms with Crippen molar-refractivity contribution >= 4 is 15.9 Å². The molecule has 6 nitrogen and oxygen atoms in total. The topological polar surface area (TPSA) is 77.9 Å². The van der Waals surface area contributed by atoms with Crippen molar-refractivity contribution in [1.29, 1.82) is 0 Å². The summed E-state index contributed by atoms with van der Waals surface area (Å²) in [7, 11) is -3.78. The summed E-state index contributed by atoms with van der Waals surface area (Å²) in [6, 6.07) is 25.0. The van der Waals surface area contributed by atoms with Crippen LogP contribution in [0.1, 0.15) is 22.6 Å². The van der Waals surface area contributed by atoms with Crippen LogP contribution >= 0.6 is 0 Å². The molecule has 0 unspecified atom stereocenters. The molecule has 5 rings (SSSR count). The molecule has 34 heavy (non-hydrogen) atoms. The number of hydrogen-bond acceptors (Lipinski definition) is 4. The SMILES string of the molecule is O=C1CN(S(=O)(=O)c2ccccc2)C[C@H]2[C@H](c3ccc(C#Cc4ccccc4)cc3)[C@@H](CO)N12. The van der Waals surface area contributed by atoms with E-state index in [1.165, 1.54) is 16.4 Å². The molecule has 0 bridgehead atoms. The third-order valence-corrected chi connectivity index (χ3v) is 8.35. The Kier molecular flexibility index (Phi) is 5.96. The van der Waals surface area contributed by atoms with Gasteiger partial charge in [0.05, 0.1) is 30.1 Å². The van der Waals surface area contributed by atoms with Gasteiger partial charge in [-0.05, 0) is 42.0 Å². The Labute approximate surface area is 199 Å². The number of carbonyl (C=O) groups is 1. The lowest BCUT2D eigenvalue weighted by Crippen LogP contribution is -2.73. The van der Waals surface area contributed by atoms with Gasteiger partial charge in [0.2, 0.25) is 15.9 Å². The van der Waals surface area contributed by atoms with Crippen LogP contribution in [0.15, 0.2) is 89.8 Å². The van der Waals surface area contributed by atoms with E-state index in [1.807, 2.05) is 54.6 Å². The van der Waals surface area contributed by atoms with Crippen molar-refractivity contribution in [3.05, 3.63) is 102 Å². The molecule has 0 saturated carbocycles. The fraction of sp³-hybridized carbons (Fsp3) is 0.222. The minimum Gasteiger partial charge on any atom is -0.394 e. The highest BCUT2D eigenvalue weighted by molar-refractivity contribution is 7.89. The molecule has 3 aromatic rings. The maximum atomic E-state index is 13.1. The van der Waals surface area contributed by atoms with Crippen LogP contribution in [0, 0.1) is 11.8 Å². The lowest BCUT2D eigenvalue weighted by atomic mass is 9.74. The Bertz CT molecular complexity index is 1350. The van der Waals surface area contributed by atoms with Crippen molar-refractivity contribution in [2.45, 2.75) is 22.9 Å². The van der Waals surface area contributed by atoms with Crippen LogP contribution in [0.25, 0.3) is 0 Å². The van der Waals surface area contributed by atoms with Gasteiger partial charge in [0, 0.05) is 23.6 Å². The van der Waals surface area contributed by atoms with Crippen molar-refractivity contribution in [2.75, 3.05) is 19.7 Å². The quantitative estimate of drug-likeness (QED) is 0.592.